The number of pyridine rings is 1. The van der Waals surface area contributed by atoms with E-state index in [2.05, 4.69) is 15.2 Å². The van der Waals surface area contributed by atoms with Crippen molar-refractivity contribution < 1.29 is 19.1 Å². The largest absolute Gasteiger partial charge is 0.379 e. The summed E-state index contributed by atoms with van der Waals surface area (Å²) in [7, 11) is 0. The number of aromatic nitrogens is 1. The number of amides is 2. The first-order valence-electron chi connectivity index (χ1n) is 8.64. The van der Waals surface area contributed by atoms with Crippen LogP contribution in [0, 0.1) is 0 Å². The lowest BCUT2D eigenvalue weighted by Gasteiger charge is -2.27. The average molecular weight is 348 g/mol. The molecule has 0 radical (unpaired) electrons. The summed E-state index contributed by atoms with van der Waals surface area (Å²) in [5.74, 6) is -0.323. The summed E-state index contributed by atoms with van der Waals surface area (Å²) in [6.07, 6.45) is 2.99. The van der Waals surface area contributed by atoms with Gasteiger partial charge in [0.15, 0.2) is 0 Å². The first kappa shape index (κ1) is 17.8. The molecule has 0 atom stereocenters. The fraction of sp³-hybridized carbons (Fsp3) is 0.588. The fourth-order valence-electron chi connectivity index (χ4n) is 2.88. The third-order valence-electron chi connectivity index (χ3n) is 4.36. The molecule has 25 heavy (non-hydrogen) atoms. The zero-order valence-corrected chi connectivity index (χ0v) is 14.3. The smallest absolute Gasteiger partial charge is 0.255 e. The molecule has 8 nitrogen and oxygen atoms in total. The van der Waals surface area contributed by atoms with E-state index >= 15 is 0 Å². The topological polar surface area (TPSA) is 84.0 Å². The van der Waals surface area contributed by atoms with E-state index in [1.54, 1.807) is 11.0 Å². The Labute approximate surface area is 147 Å². The lowest BCUT2D eigenvalue weighted by molar-refractivity contribution is 0.0302. The lowest BCUT2D eigenvalue weighted by atomic mass is 10.1. The number of carbonyl (C=O) groups excluding carboxylic acids is 2. The van der Waals surface area contributed by atoms with Gasteiger partial charge in [-0.15, -0.1) is 0 Å². The summed E-state index contributed by atoms with van der Waals surface area (Å²) in [6.45, 7) is 6.82. The van der Waals surface area contributed by atoms with E-state index < -0.39 is 0 Å². The molecule has 0 spiro atoms. The van der Waals surface area contributed by atoms with Crippen LogP contribution in [0.1, 0.15) is 20.7 Å². The van der Waals surface area contributed by atoms with Crippen LogP contribution in [-0.4, -0.2) is 92.3 Å². The number of morpholine rings is 2. The van der Waals surface area contributed by atoms with E-state index in [-0.39, 0.29) is 11.8 Å². The van der Waals surface area contributed by atoms with Gasteiger partial charge in [0, 0.05) is 51.7 Å². The Morgan fingerprint density at radius 1 is 1.00 bits per heavy atom. The maximum Gasteiger partial charge on any atom is 0.255 e. The van der Waals surface area contributed by atoms with Gasteiger partial charge in [-0.25, -0.2) is 0 Å². The molecule has 136 valence electrons. The Bertz CT molecular complexity index is 598. The number of hydrogen-bond donors (Lipinski definition) is 1. The average Bonchev–Trinajstić information content (AvgIpc) is 2.69. The highest BCUT2D eigenvalue weighted by molar-refractivity contribution is 5.99. The second kappa shape index (κ2) is 8.89. The zero-order chi connectivity index (χ0) is 17.5. The van der Waals surface area contributed by atoms with Crippen molar-refractivity contribution in [3.05, 3.63) is 29.6 Å². The van der Waals surface area contributed by atoms with Crippen LogP contribution in [0.2, 0.25) is 0 Å². The Kier molecular flexibility index (Phi) is 6.32. The third kappa shape index (κ3) is 4.97. The molecule has 2 aliphatic rings. The van der Waals surface area contributed by atoms with E-state index in [9.17, 15) is 9.59 Å². The van der Waals surface area contributed by atoms with Crippen molar-refractivity contribution in [2.75, 3.05) is 65.7 Å². The van der Waals surface area contributed by atoms with Crippen LogP contribution in [-0.2, 0) is 9.47 Å². The molecule has 8 heteroatoms. The predicted molar refractivity (Wildman–Crippen MR) is 90.6 cm³/mol. The van der Waals surface area contributed by atoms with Crippen molar-refractivity contribution in [1.82, 2.24) is 20.1 Å². The van der Waals surface area contributed by atoms with Gasteiger partial charge in [-0.05, 0) is 6.07 Å². The van der Waals surface area contributed by atoms with Crippen molar-refractivity contribution in [2.24, 2.45) is 0 Å². The highest BCUT2D eigenvalue weighted by Crippen LogP contribution is 2.09. The van der Waals surface area contributed by atoms with Crippen LogP contribution >= 0.6 is 0 Å². The number of nitrogens with one attached hydrogen (secondary N) is 1. The minimum atomic E-state index is -0.211. The van der Waals surface area contributed by atoms with Gasteiger partial charge >= 0.3 is 0 Å². The van der Waals surface area contributed by atoms with Gasteiger partial charge in [-0.1, -0.05) is 0 Å². The summed E-state index contributed by atoms with van der Waals surface area (Å²) >= 11 is 0. The third-order valence-corrected chi connectivity index (χ3v) is 4.36. The lowest BCUT2D eigenvalue weighted by Crippen LogP contribution is -2.41. The maximum atomic E-state index is 12.5. The normalized spacial score (nSPS) is 18.8. The van der Waals surface area contributed by atoms with Crippen LogP contribution in [0.4, 0.5) is 0 Å². The highest BCUT2D eigenvalue weighted by atomic mass is 16.5. The van der Waals surface area contributed by atoms with Gasteiger partial charge in [0.1, 0.15) is 0 Å². The molecular weight excluding hydrogens is 324 g/mol. The molecule has 0 aromatic carbocycles. The van der Waals surface area contributed by atoms with Gasteiger partial charge in [0.05, 0.1) is 37.6 Å². The van der Waals surface area contributed by atoms with Crippen LogP contribution < -0.4 is 5.32 Å². The molecule has 1 N–H and O–H groups in total. The molecule has 0 unspecified atom stereocenters. The van der Waals surface area contributed by atoms with Crippen molar-refractivity contribution in [3.63, 3.8) is 0 Å². The monoisotopic (exact) mass is 348 g/mol. The van der Waals surface area contributed by atoms with E-state index in [4.69, 9.17) is 9.47 Å². The second-order valence-corrected chi connectivity index (χ2v) is 6.08. The maximum absolute atomic E-state index is 12.5. The fourth-order valence-corrected chi connectivity index (χ4v) is 2.88. The first-order valence-corrected chi connectivity index (χ1v) is 8.64. The van der Waals surface area contributed by atoms with E-state index in [1.807, 2.05) is 0 Å². The summed E-state index contributed by atoms with van der Waals surface area (Å²) in [4.78, 5) is 32.8. The van der Waals surface area contributed by atoms with Gasteiger partial charge in [-0.3, -0.25) is 19.5 Å². The van der Waals surface area contributed by atoms with Crippen LogP contribution in [0.5, 0.6) is 0 Å². The van der Waals surface area contributed by atoms with E-state index in [1.165, 1.54) is 12.4 Å². The van der Waals surface area contributed by atoms with Gasteiger partial charge < -0.3 is 19.7 Å². The van der Waals surface area contributed by atoms with Crippen LogP contribution in [0.25, 0.3) is 0 Å². The van der Waals surface area contributed by atoms with E-state index in [0.717, 1.165) is 32.8 Å². The molecule has 2 saturated heterocycles. The summed E-state index contributed by atoms with van der Waals surface area (Å²) < 4.78 is 10.6. The minimum absolute atomic E-state index is 0.112. The standard InChI is InChI=1S/C17H24N4O4/c22-16(19-1-2-20-3-7-24-8-4-20)14-11-15(13-18-12-14)17(23)21-5-9-25-10-6-21/h11-13H,1-10H2,(H,19,22). The van der Waals surface area contributed by atoms with Crippen LogP contribution in [0.15, 0.2) is 18.5 Å². The molecule has 3 heterocycles. The van der Waals surface area contributed by atoms with Crippen molar-refractivity contribution >= 4 is 11.8 Å². The molecule has 2 amide bonds. The predicted octanol–water partition coefficient (Wildman–Crippen LogP) is -0.384. The molecular formula is C17H24N4O4. The molecule has 0 aliphatic carbocycles. The van der Waals surface area contributed by atoms with Gasteiger partial charge in [0.25, 0.3) is 11.8 Å². The molecule has 1 aromatic rings. The quantitative estimate of drug-likeness (QED) is 0.781. The minimum Gasteiger partial charge on any atom is -0.379 e. The zero-order valence-electron chi connectivity index (χ0n) is 14.3. The number of hydrogen-bond acceptors (Lipinski definition) is 6. The molecule has 1 aromatic heterocycles. The molecule has 2 aliphatic heterocycles. The Hall–Kier alpha value is -2.03. The number of ether oxygens (including phenoxy) is 2. The molecule has 2 fully saturated rings. The second-order valence-electron chi connectivity index (χ2n) is 6.08. The first-order chi connectivity index (χ1) is 12.2. The van der Waals surface area contributed by atoms with Crippen molar-refractivity contribution in [2.45, 2.75) is 0 Å². The Morgan fingerprint density at radius 2 is 1.64 bits per heavy atom. The van der Waals surface area contributed by atoms with E-state index in [0.29, 0.717) is 44.0 Å². The molecule has 3 rings (SSSR count). The number of nitrogens with zero attached hydrogens (tertiary/aromatic N) is 3. The molecule has 0 saturated carbocycles. The van der Waals surface area contributed by atoms with Gasteiger partial charge in [-0.2, -0.15) is 0 Å². The number of carbonyl (C=O) groups is 2. The number of rotatable bonds is 5. The van der Waals surface area contributed by atoms with Crippen molar-refractivity contribution in [3.8, 4) is 0 Å². The van der Waals surface area contributed by atoms with Crippen LogP contribution in [0.3, 0.4) is 0 Å². The van der Waals surface area contributed by atoms with Gasteiger partial charge in [0.2, 0.25) is 0 Å². The SMILES string of the molecule is O=C(NCCN1CCOCC1)c1cncc(C(=O)N2CCOCC2)c1. The summed E-state index contributed by atoms with van der Waals surface area (Å²) in [5, 5.41) is 2.89. The highest BCUT2D eigenvalue weighted by Gasteiger charge is 2.20. The van der Waals surface area contributed by atoms with Crippen molar-refractivity contribution in [1.29, 1.82) is 0 Å². The summed E-state index contributed by atoms with van der Waals surface area (Å²) in [5.41, 5.74) is 0.837. The summed E-state index contributed by atoms with van der Waals surface area (Å²) in [6, 6.07) is 1.61. The Balaban J connectivity index is 1.52. The Morgan fingerprint density at radius 3 is 2.36 bits per heavy atom. The molecule has 0 bridgehead atoms.